The molecule has 0 aliphatic rings. The van der Waals surface area contributed by atoms with Crippen LogP contribution in [-0.4, -0.2) is 16.7 Å². The third-order valence-corrected chi connectivity index (χ3v) is 5.04. The summed E-state index contributed by atoms with van der Waals surface area (Å²) in [6.07, 6.45) is 0. The second-order valence-corrected chi connectivity index (χ2v) is 7.58. The molecule has 0 saturated heterocycles. The Balaban J connectivity index is 1.72. The number of rotatable bonds is 5. The summed E-state index contributed by atoms with van der Waals surface area (Å²) in [6, 6.07) is 19.7. The van der Waals surface area contributed by atoms with Gasteiger partial charge in [-0.2, -0.15) is 5.10 Å². The van der Waals surface area contributed by atoms with Crippen molar-refractivity contribution in [3.63, 3.8) is 0 Å². The van der Waals surface area contributed by atoms with Crippen LogP contribution >= 0.6 is 31.9 Å². The van der Waals surface area contributed by atoms with Gasteiger partial charge in [0.1, 0.15) is 17.2 Å². The van der Waals surface area contributed by atoms with E-state index in [9.17, 15) is 9.90 Å². The van der Waals surface area contributed by atoms with Crippen molar-refractivity contribution in [2.24, 2.45) is 5.10 Å². The molecule has 0 saturated carbocycles. The Bertz CT molecular complexity index is 1010. The van der Waals surface area contributed by atoms with Crippen LogP contribution in [0.15, 0.2) is 80.8 Å². The van der Waals surface area contributed by atoms with Crippen molar-refractivity contribution in [2.45, 2.75) is 6.92 Å². The molecule has 2 N–H and O–H groups in total. The number of nitrogens with zero attached hydrogens (tertiary/aromatic N) is 1. The monoisotopic (exact) mass is 502 g/mol. The van der Waals surface area contributed by atoms with Crippen LogP contribution in [0.5, 0.6) is 17.2 Å². The quantitative estimate of drug-likeness (QED) is 0.338. The van der Waals surface area contributed by atoms with Gasteiger partial charge in [0.25, 0.3) is 5.91 Å². The van der Waals surface area contributed by atoms with Gasteiger partial charge in [0, 0.05) is 5.56 Å². The molecule has 0 atom stereocenters. The average molecular weight is 504 g/mol. The first-order valence-corrected chi connectivity index (χ1v) is 9.88. The minimum atomic E-state index is -0.352. The largest absolute Gasteiger partial charge is 0.506 e. The van der Waals surface area contributed by atoms with Gasteiger partial charge in [0.15, 0.2) is 0 Å². The van der Waals surface area contributed by atoms with Crippen LogP contribution in [0.3, 0.4) is 0 Å². The van der Waals surface area contributed by atoms with E-state index in [1.54, 1.807) is 43.3 Å². The predicted octanol–water partition coefficient (Wildman–Crippen LogP) is 5.86. The highest BCUT2D eigenvalue weighted by Gasteiger charge is 2.10. The molecule has 0 aliphatic heterocycles. The number of carbonyl (C=O) groups excluding carboxylic acids is 1. The fraction of sp³-hybridized carbons (Fsp3) is 0.0476. The summed E-state index contributed by atoms with van der Waals surface area (Å²) in [5.74, 6) is 1.01. The normalized spacial score (nSPS) is 11.2. The maximum atomic E-state index is 12.4. The minimum Gasteiger partial charge on any atom is -0.506 e. The van der Waals surface area contributed by atoms with Crippen molar-refractivity contribution in [1.82, 2.24) is 5.43 Å². The van der Waals surface area contributed by atoms with Crippen molar-refractivity contribution in [1.29, 1.82) is 0 Å². The molecule has 0 unspecified atom stereocenters. The van der Waals surface area contributed by atoms with E-state index in [2.05, 4.69) is 42.4 Å². The summed E-state index contributed by atoms with van der Waals surface area (Å²) >= 11 is 6.56. The number of phenols is 1. The van der Waals surface area contributed by atoms with Crippen LogP contribution in [0.1, 0.15) is 22.8 Å². The van der Waals surface area contributed by atoms with Crippen molar-refractivity contribution >= 4 is 43.5 Å². The predicted molar refractivity (Wildman–Crippen MR) is 116 cm³/mol. The van der Waals surface area contributed by atoms with Crippen molar-refractivity contribution in [3.8, 4) is 17.2 Å². The van der Waals surface area contributed by atoms with E-state index in [4.69, 9.17) is 4.74 Å². The van der Waals surface area contributed by atoms with E-state index in [-0.39, 0.29) is 11.7 Å². The number of ether oxygens (including phenoxy) is 1. The summed E-state index contributed by atoms with van der Waals surface area (Å²) in [6.45, 7) is 1.76. The van der Waals surface area contributed by atoms with Gasteiger partial charge >= 0.3 is 0 Å². The van der Waals surface area contributed by atoms with E-state index < -0.39 is 0 Å². The van der Waals surface area contributed by atoms with Gasteiger partial charge in [-0.25, -0.2) is 5.43 Å². The number of para-hydroxylation sites is 1. The number of nitrogens with one attached hydrogen (secondary N) is 1. The fourth-order valence-corrected chi connectivity index (χ4v) is 3.55. The fourth-order valence-electron chi connectivity index (χ4n) is 2.36. The van der Waals surface area contributed by atoms with Gasteiger partial charge < -0.3 is 9.84 Å². The van der Waals surface area contributed by atoms with Crippen LogP contribution in [-0.2, 0) is 0 Å². The van der Waals surface area contributed by atoms with Gasteiger partial charge in [-0.1, -0.05) is 24.3 Å². The molecule has 3 aromatic carbocycles. The highest BCUT2D eigenvalue weighted by Crippen LogP contribution is 2.33. The number of carbonyl (C=O) groups is 1. The molecule has 142 valence electrons. The van der Waals surface area contributed by atoms with Crippen LogP contribution in [0.25, 0.3) is 0 Å². The summed E-state index contributed by atoms with van der Waals surface area (Å²) in [5.41, 5.74) is 4.31. The van der Waals surface area contributed by atoms with Gasteiger partial charge in [-0.15, -0.1) is 0 Å². The van der Waals surface area contributed by atoms with E-state index in [1.807, 2.05) is 30.3 Å². The molecule has 0 radical (unpaired) electrons. The second kappa shape index (κ2) is 9.03. The lowest BCUT2D eigenvalue weighted by molar-refractivity contribution is 0.0954. The number of hydrogen-bond donors (Lipinski definition) is 2. The molecule has 0 fully saturated rings. The SMILES string of the molecule is C/C(=N/NC(=O)c1cccc(Oc2ccccc2)c1)c1cc(Br)c(O)c(Br)c1. The van der Waals surface area contributed by atoms with Crippen molar-refractivity contribution in [2.75, 3.05) is 0 Å². The second-order valence-electron chi connectivity index (χ2n) is 5.87. The maximum Gasteiger partial charge on any atom is 0.271 e. The van der Waals surface area contributed by atoms with Crippen LogP contribution in [0.2, 0.25) is 0 Å². The van der Waals surface area contributed by atoms with Crippen LogP contribution in [0, 0.1) is 0 Å². The number of aromatic hydroxyl groups is 1. The average Bonchev–Trinajstić information content (AvgIpc) is 2.70. The Kier molecular flexibility index (Phi) is 6.49. The Labute approximate surface area is 179 Å². The smallest absolute Gasteiger partial charge is 0.271 e. The molecular weight excluding hydrogens is 488 g/mol. The van der Waals surface area contributed by atoms with Crippen LogP contribution < -0.4 is 10.2 Å². The molecule has 3 aromatic rings. The molecule has 7 heteroatoms. The lowest BCUT2D eigenvalue weighted by Gasteiger charge is -2.08. The standard InChI is InChI=1S/C21H16Br2N2O3/c1-13(15-11-18(22)20(26)19(23)12-15)24-25-21(27)14-6-5-9-17(10-14)28-16-7-3-2-4-8-16/h2-12,26H,1H3,(H,25,27)/b24-13-. The highest BCUT2D eigenvalue weighted by atomic mass is 79.9. The molecule has 0 spiro atoms. The molecule has 1 amide bonds. The van der Waals surface area contributed by atoms with E-state index >= 15 is 0 Å². The topological polar surface area (TPSA) is 70.9 Å². The first-order chi connectivity index (χ1) is 13.4. The Morgan fingerprint density at radius 2 is 1.57 bits per heavy atom. The number of hydrazone groups is 1. The first kappa shape index (κ1) is 20.1. The lowest BCUT2D eigenvalue weighted by atomic mass is 10.1. The third-order valence-electron chi connectivity index (χ3n) is 3.83. The van der Waals surface area contributed by atoms with Gasteiger partial charge in [0.2, 0.25) is 0 Å². The number of phenolic OH excluding ortho intramolecular Hbond substituents is 1. The molecule has 0 bridgehead atoms. The van der Waals surface area contributed by atoms with Crippen LogP contribution in [0.4, 0.5) is 0 Å². The molecule has 0 heterocycles. The van der Waals surface area contributed by atoms with E-state index in [0.29, 0.717) is 31.7 Å². The van der Waals surface area contributed by atoms with Gasteiger partial charge in [0.05, 0.1) is 14.7 Å². The Hall–Kier alpha value is -2.64. The van der Waals surface area contributed by atoms with Gasteiger partial charge in [-0.05, 0) is 86.8 Å². The molecule has 3 rings (SSSR count). The number of benzene rings is 3. The zero-order valence-electron chi connectivity index (χ0n) is 14.8. The Morgan fingerprint density at radius 1 is 0.929 bits per heavy atom. The third kappa shape index (κ3) is 4.99. The number of hydrogen-bond acceptors (Lipinski definition) is 4. The van der Waals surface area contributed by atoms with Crippen molar-refractivity contribution < 1.29 is 14.6 Å². The highest BCUT2D eigenvalue weighted by molar-refractivity contribution is 9.11. The molecular formula is C21H16Br2N2O3. The molecule has 0 aromatic heterocycles. The first-order valence-electron chi connectivity index (χ1n) is 8.30. The molecule has 28 heavy (non-hydrogen) atoms. The zero-order chi connectivity index (χ0) is 20.1. The zero-order valence-corrected chi connectivity index (χ0v) is 18.0. The van der Waals surface area contributed by atoms with Gasteiger partial charge in [-0.3, -0.25) is 4.79 Å². The summed E-state index contributed by atoms with van der Waals surface area (Å²) in [7, 11) is 0. The summed E-state index contributed by atoms with van der Waals surface area (Å²) < 4.78 is 6.81. The summed E-state index contributed by atoms with van der Waals surface area (Å²) in [4.78, 5) is 12.4. The van der Waals surface area contributed by atoms with E-state index in [1.165, 1.54) is 0 Å². The van der Waals surface area contributed by atoms with E-state index in [0.717, 1.165) is 5.56 Å². The molecule has 5 nitrogen and oxygen atoms in total. The van der Waals surface area contributed by atoms with Crippen molar-refractivity contribution in [3.05, 3.63) is 86.8 Å². The summed E-state index contributed by atoms with van der Waals surface area (Å²) in [5, 5.41) is 13.9. The number of halogens is 2. The minimum absolute atomic E-state index is 0.107. The molecule has 0 aliphatic carbocycles. The number of amides is 1. The Morgan fingerprint density at radius 3 is 2.25 bits per heavy atom. The maximum absolute atomic E-state index is 12.4. The lowest BCUT2D eigenvalue weighted by Crippen LogP contribution is -2.19.